The molecule has 0 radical (unpaired) electrons. The molecule has 0 atom stereocenters. The normalized spacial score (nSPS) is 11.7. The molecule has 0 aliphatic rings. The van der Waals surface area contributed by atoms with Gasteiger partial charge in [-0.2, -0.15) is 5.10 Å². The predicted octanol–water partition coefficient (Wildman–Crippen LogP) is 2.84. The second-order valence-electron chi connectivity index (χ2n) is 8.30. The van der Waals surface area contributed by atoms with E-state index >= 15 is 0 Å². The van der Waals surface area contributed by atoms with Gasteiger partial charge in [0, 0.05) is 6.54 Å². The minimum atomic E-state index is -3.78. The number of primary sulfonamides is 1. The van der Waals surface area contributed by atoms with Crippen LogP contribution in [0.3, 0.4) is 0 Å². The van der Waals surface area contributed by atoms with Crippen LogP contribution in [0.25, 0.3) is 10.9 Å². The van der Waals surface area contributed by atoms with Gasteiger partial charge in [0.15, 0.2) is 5.16 Å². The highest BCUT2D eigenvalue weighted by Gasteiger charge is 2.14. The highest BCUT2D eigenvalue weighted by molar-refractivity contribution is 7.99. The van der Waals surface area contributed by atoms with Crippen molar-refractivity contribution < 1.29 is 13.2 Å². The first kappa shape index (κ1) is 26.3. The third-order valence-electron chi connectivity index (χ3n) is 5.52. The number of carbonyl (C=O) groups excluding carboxylic acids is 1. The maximum absolute atomic E-state index is 13.2. The Balaban J connectivity index is 1.48. The van der Waals surface area contributed by atoms with Gasteiger partial charge in [-0.15, -0.1) is 0 Å². The van der Waals surface area contributed by atoms with E-state index in [2.05, 4.69) is 15.5 Å². The maximum Gasteiger partial charge on any atom is 0.262 e. The zero-order chi connectivity index (χ0) is 26.4. The number of aryl methyl sites for hydroxylation is 2. The monoisotopic (exact) mass is 535 g/mol. The Bertz CT molecular complexity index is 1610. The molecule has 0 saturated carbocycles. The lowest BCUT2D eigenvalue weighted by atomic mass is 10.1. The van der Waals surface area contributed by atoms with E-state index in [1.807, 2.05) is 31.2 Å². The molecule has 0 spiro atoms. The van der Waals surface area contributed by atoms with Crippen molar-refractivity contribution in [2.45, 2.75) is 29.9 Å². The van der Waals surface area contributed by atoms with E-state index in [0.29, 0.717) is 29.0 Å². The van der Waals surface area contributed by atoms with Gasteiger partial charge >= 0.3 is 0 Å². The summed E-state index contributed by atoms with van der Waals surface area (Å²) in [5.41, 5.74) is 5.64. The van der Waals surface area contributed by atoms with Gasteiger partial charge in [-0.25, -0.2) is 24.0 Å². The second-order valence-corrected chi connectivity index (χ2v) is 10.8. The Morgan fingerprint density at radius 1 is 1.08 bits per heavy atom. The number of aromatic nitrogens is 2. The number of para-hydroxylation sites is 1. The van der Waals surface area contributed by atoms with Crippen LogP contribution in [0, 0.1) is 6.92 Å². The standard InChI is InChI=1S/C26H25N5O4S2/c1-18-6-8-20(9-7-18)16-28-30-24(32)17-36-26-29-23-5-3-2-4-22(23)25(33)31(26)15-14-19-10-12-21(13-11-19)37(27,34)35/h2-13,16H,14-15,17H2,1H3,(H,30,32)(H2,27,34,35)/b28-16+. The molecule has 0 saturated heterocycles. The van der Waals surface area contributed by atoms with E-state index in [1.165, 1.54) is 16.7 Å². The molecule has 0 fully saturated rings. The third kappa shape index (κ3) is 6.91. The molecule has 3 aromatic carbocycles. The summed E-state index contributed by atoms with van der Waals surface area (Å²) in [6.07, 6.45) is 2.01. The molecule has 11 heteroatoms. The highest BCUT2D eigenvalue weighted by atomic mass is 32.2. The molecular formula is C26H25N5O4S2. The van der Waals surface area contributed by atoms with Gasteiger partial charge in [0.2, 0.25) is 10.0 Å². The van der Waals surface area contributed by atoms with Crippen LogP contribution in [-0.2, 0) is 27.8 Å². The molecule has 0 bridgehead atoms. The lowest BCUT2D eigenvalue weighted by Gasteiger charge is -2.13. The SMILES string of the molecule is Cc1ccc(/C=N/NC(=O)CSc2nc3ccccc3c(=O)n2CCc2ccc(S(N)(=O)=O)cc2)cc1. The van der Waals surface area contributed by atoms with Gasteiger partial charge < -0.3 is 0 Å². The van der Waals surface area contributed by atoms with Gasteiger partial charge in [-0.3, -0.25) is 14.2 Å². The zero-order valence-corrected chi connectivity index (χ0v) is 21.6. The number of rotatable bonds is 9. The summed E-state index contributed by atoms with van der Waals surface area (Å²) in [5, 5.41) is 10.0. The fraction of sp³-hybridized carbons (Fsp3) is 0.154. The summed E-state index contributed by atoms with van der Waals surface area (Å²) in [5.74, 6) is -0.320. The highest BCUT2D eigenvalue weighted by Crippen LogP contribution is 2.19. The van der Waals surface area contributed by atoms with Gasteiger partial charge in [0.1, 0.15) is 0 Å². The van der Waals surface area contributed by atoms with Crippen molar-refractivity contribution in [3.63, 3.8) is 0 Å². The van der Waals surface area contributed by atoms with Crippen molar-refractivity contribution in [3.8, 4) is 0 Å². The molecule has 4 rings (SSSR count). The van der Waals surface area contributed by atoms with Crippen molar-refractivity contribution in [2.24, 2.45) is 10.2 Å². The van der Waals surface area contributed by atoms with E-state index in [4.69, 9.17) is 5.14 Å². The number of thioether (sulfide) groups is 1. The van der Waals surface area contributed by atoms with E-state index < -0.39 is 10.0 Å². The average Bonchev–Trinajstić information content (AvgIpc) is 2.88. The minimum Gasteiger partial charge on any atom is -0.287 e. The molecule has 3 N–H and O–H groups in total. The smallest absolute Gasteiger partial charge is 0.262 e. The Morgan fingerprint density at radius 2 is 1.78 bits per heavy atom. The van der Waals surface area contributed by atoms with Crippen LogP contribution >= 0.6 is 11.8 Å². The number of hydrogen-bond acceptors (Lipinski definition) is 7. The first-order valence-electron chi connectivity index (χ1n) is 11.3. The van der Waals surface area contributed by atoms with Crippen molar-refractivity contribution >= 4 is 44.8 Å². The van der Waals surface area contributed by atoms with Crippen LogP contribution in [0.4, 0.5) is 0 Å². The van der Waals surface area contributed by atoms with Crippen LogP contribution in [0.1, 0.15) is 16.7 Å². The first-order chi connectivity index (χ1) is 17.7. The molecule has 0 aliphatic heterocycles. The van der Waals surface area contributed by atoms with Crippen LogP contribution in [-0.4, -0.2) is 35.8 Å². The number of hydrogen-bond donors (Lipinski definition) is 2. The molecule has 1 aromatic heterocycles. The quantitative estimate of drug-likeness (QED) is 0.146. The lowest BCUT2D eigenvalue weighted by Crippen LogP contribution is -2.26. The maximum atomic E-state index is 13.2. The molecular weight excluding hydrogens is 510 g/mol. The van der Waals surface area contributed by atoms with Crippen LogP contribution in [0.15, 0.2) is 92.7 Å². The fourth-order valence-corrected chi connectivity index (χ4v) is 4.87. The van der Waals surface area contributed by atoms with Gasteiger partial charge in [0.25, 0.3) is 11.5 Å². The van der Waals surface area contributed by atoms with Crippen LogP contribution in [0.5, 0.6) is 0 Å². The number of hydrazone groups is 1. The number of nitrogens with one attached hydrogen (secondary N) is 1. The molecule has 9 nitrogen and oxygen atoms in total. The van der Waals surface area contributed by atoms with E-state index in [9.17, 15) is 18.0 Å². The summed E-state index contributed by atoms with van der Waals surface area (Å²) in [4.78, 5) is 30.3. The Labute approximate surface area is 218 Å². The van der Waals surface area contributed by atoms with Gasteiger partial charge in [0.05, 0.1) is 27.8 Å². The number of nitrogens with two attached hydrogens (primary N) is 1. The average molecular weight is 536 g/mol. The lowest BCUT2D eigenvalue weighted by molar-refractivity contribution is -0.118. The first-order valence-corrected chi connectivity index (χ1v) is 13.9. The topological polar surface area (TPSA) is 137 Å². The fourth-order valence-electron chi connectivity index (χ4n) is 3.54. The van der Waals surface area contributed by atoms with Crippen LogP contribution in [0.2, 0.25) is 0 Å². The molecule has 37 heavy (non-hydrogen) atoms. The summed E-state index contributed by atoms with van der Waals surface area (Å²) < 4.78 is 24.5. The van der Waals surface area contributed by atoms with Crippen molar-refractivity contribution in [3.05, 3.63) is 99.8 Å². The second kappa shape index (κ2) is 11.5. The van der Waals surface area contributed by atoms with E-state index in [-0.39, 0.29) is 22.1 Å². The summed E-state index contributed by atoms with van der Waals surface area (Å²) >= 11 is 1.14. The summed E-state index contributed by atoms with van der Waals surface area (Å²) in [6.45, 7) is 2.28. The van der Waals surface area contributed by atoms with Crippen molar-refractivity contribution in [2.75, 3.05) is 5.75 Å². The third-order valence-corrected chi connectivity index (χ3v) is 7.42. The largest absolute Gasteiger partial charge is 0.287 e. The molecule has 4 aromatic rings. The number of benzene rings is 3. The van der Waals surface area contributed by atoms with Crippen molar-refractivity contribution in [1.82, 2.24) is 15.0 Å². The number of carbonyl (C=O) groups is 1. The molecule has 0 aliphatic carbocycles. The van der Waals surface area contributed by atoms with E-state index in [1.54, 1.807) is 42.6 Å². The number of nitrogens with zero attached hydrogens (tertiary/aromatic N) is 3. The molecule has 1 heterocycles. The van der Waals surface area contributed by atoms with E-state index in [0.717, 1.165) is 28.5 Å². The van der Waals surface area contributed by atoms with Crippen molar-refractivity contribution in [1.29, 1.82) is 0 Å². The minimum absolute atomic E-state index is 0.0130. The number of amides is 1. The Hall–Kier alpha value is -3.80. The Kier molecular flexibility index (Phi) is 8.17. The van der Waals surface area contributed by atoms with Crippen LogP contribution < -0.4 is 16.1 Å². The zero-order valence-electron chi connectivity index (χ0n) is 20.0. The summed E-state index contributed by atoms with van der Waals surface area (Å²) in [6, 6.07) is 20.9. The molecule has 1 amide bonds. The summed E-state index contributed by atoms with van der Waals surface area (Å²) in [7, 11) is -3.78. The number of sulfonamides is 1. The number of fused-ring (bicyclic) bond motifs is 1. The molecule has 190 valence electrons. The Morgan fingerprint density at radius 3 is 2.49 bits per heavy atom. The van der Waals surface area contributed by atoms with Gasteiger partial charge in [-0.1, -0.05) is 65.9 Å². The predicted molar refractivity (Wildman–Crippen MR) is 145 cm³/mol. The van der Waals surface area contributed by atoms with Gasteiger partial charge in [-0.05, 0) is 48.7 Å². The molecule has 0 unspecified atom stereocenters.